The molecular formula is C20H21FN8O2. The summed E-state index contributed by atoms with van der Waals surface area (Å²) in [5, 5.41) is 11.3. The zero-order valence-electron chi connectivity index (χ0n) is 22.2. The van der Waals surface area contributed by atoms with Gasteiger partial charge in [-0.2, -0.15) is 0 Å². The molecule has 11 heteroatoms. The second-order valence-electron chi connectivity index (χ2n) is 5.99. The lowest BCUT2D eigenvalue weighted by atomic mass is 10.1. The number of carbonyl (C=O) groups is 1. The van der Waals surface area contributed by atoms with Gasteiger partial charge in [-0.15, -0.1) is 0 Å². The molecule has 0 bridgehead atoms. The van der Waals surface area contributed by atoms with E-state index in [-0.39, 0.29) is 28.4 Å². The van der Waals surface area contributed by atoms with Gasteiger partial charge < -0.3 is 21.5 Å². The average Bonchev–Trinajstić information content (AvgIpc) is 2.82. The van der Waals surface area contributed by atoms with E-state index in [2.05, 4.69) is 25.0 Å². The van der Waals surface area contributed by atoms with E-state index in [0.29, 0.717) is 0 Å². The van der Waals surface area contributed by atoms with E-state index in [1.807, 2.05) is 0 Å². The van der Waals surface area contributed by atoms with Gasteiger partial charge >= 0.3 is 6.09 Å². The van der Waals surface area contributed by atoms with Gasteiger partial charge in [-0.3, -0.25) is 10.3 Å². The van der Waals surface area contributed by atoms with Gasteiger partial charge in [-0.1, -0.05) is 18.2 Å². The van der Waals surface area contributed by atoms with Crippen LogP contribution in [0.1, 0.15) is 25.2 Å². The third kappa shape index (κ3) is 4.50. The summed E-state index contributed by atoms with van der Waals surface area (Å²) in [5.74, 6) is -2.39. The van der Waals surface area contributed by atoms with Crippen LogP contribution in [0.3, 0.4) is 0 Å². The van der Waals surface area contributed by atoms with Crippen molar-refractivity contribution >= 4 is 34.9 Å². The van der Waals surface area contributed by atoms with Crippen molar-refractivity contribution in [1.29, 1.82) is 5.41 Å². The van der Waals surface area contributed by atoms with E-state index in [0.717, 1.165) is 7.11 Å². The number of nitrogens with two attached hydrogens (primary N) is 2. The number of nitrogens with zero attached hydrogens (tertiary/aromatic N) is 4. The second kappa shape index (κ2) is 9.03. The largest absolute Gasteiger partial charge is 0.452 e. The molecule has 6 N–H and O–H groups in total. The van der Waals surface area contributed by atoms with E-state index in [1.165, 1.54) is 18.2 Å². The molecule has 2 heterocycles. The molecule has 0 aliphatic rings. The smallest absolute Gasteiger partial charge is 0.413 e. The van der Waals surface area contributed by atoms with Crippen molar-refractivity contribution in [3.05, 3.63) is 65.3 Å². The summed E-state index contributed by atoms with van der Waals surface area (Å²) in [7, 11) is 0.950. The summed E-state index contributed by atoms with van der Waals surface area (Å²) in [6, 6.07) is 4.66. The standard InChI is InChI=1S/C20H21FN8O2/c1-29(20(30)31-2)15-16(23)27-19(28-17(15)24)14(22)12-7-5-9-25-18(12)26-10-11-6-3-4-8-13(11)21/h3-9,22H,10H2,1-2H3,(H,25,26)(H4,23,24,27,28)/i1D3,5D,7D,9D. The number of pyridine rings is 1. The van der Waals surface area contributed by atoms with Crippen molar-refractivity contribution in [2.75, 3.05) is 35.8 Å². The number of hydrogen-bond acceptors (Lipinski definition) is 9. The number of methoxy groups -OCH3 is 1. The minimum absolute atomic E-state index is 0.132. The Labute approximate surface area is 186 Å². The molecule has 0 radical (unpaired) electrons. The maximum Gasteiger partial charge on any atom is 0.413 e. The molecule has 0 saturated heterocycles. The Kier molecular flexibility index (Phi) is 4.27. The zero-order valence-corrected chi connectivity index (χ0v) is 16.2. The van der Waals surface area contributed by atoms with Crippen molar-refractivity contribution in [3.63, 3.8) is 0 Å². The number of benzene rings is 1. The second-order valence-corrected chi connectivity index (χ2v) is 5.99. The minimum Gasteiger partial charge on any atom is -0.452 e. The van der Waals surface area contributed by atoms with Gasteiger partial charge in [0.15, 0.2) is 17.5 Å². The van der Waals surface area contributed by atoms with Crippen LogP contribution >= 0.6 is 0 Å². The number of halogens is 1. The van der Waals surface area contributed by atoms with Crippen LogP contribution in [0.4, 0.5) is 32.3 Å². The van der Waals surface area contributed by atoms with Crippen LogP contribution in [0.25, 0.3) is 0 Å². The fraction of sp³-hybridized carbons (Fsp3) is 0.150. The van der Waals surface area contributed by atoms with Gasteiger partial charge in [0, 0.05) is 34.9 Å². The van der Waals surface area contributed by atoms with Crippen LogP contribution in [0.15, 0.2) is 42.5 Å². The molecule has 1 aromatic carbocycles. The SMILES string of the molecule is [2H]c1nc(NCc2ccccc2F)c(C(=N)c2nc(N)c(N(C(=O)OC)C([2H])([2H])[2H])c(N)n2)c([2H])c1[2H]. The van der Waals surface area contributed by atoms with Crippen LogP contribution < -0.4 is 21.7 Å². The minimum atomic E-state index is -3.07. The molecule has 10 nitrogen and oxygen atoms in total. The van der Waals surface area contributed by atoms with Gasteiger partial charge in [-0.25, -0.2) is 24.1 Å². The number of amides is 1. The molecule has 0 saturated carbocycles. The number of rotatable bonds is 6. The quantitative estimate of drug-likeness (QED) is 0.434. The maximum atomic E-state index is 14.1. The lowest BCUT2D eigenvalue weighted by molar-refractivity contribution is 0.180. The number of anilines is 4. The molecule has 0 fully saturated rings. The molecule has 0 aliphatic carbocycles. The first kappa shape index (κ1) is 14.7. The van der Waals surface area contributed by atoms with E-state index >= 15 is 0 Å². The Balaban J connectivity index is 2.09. The highest BCUT2D eigenvalue weighted by molar-refractivity contribution is 6.12. The molecule has 0 unspecified atom stereocenters. The van der Waals surface area contributed by atoms with Gasteiger partial charge in [-0.05, 0) is 18.2 Å². The van der Waals surface area contributed by atoms with E-state index in [1.54, 1.807) is 6.07 Å². The van der Waals surface area contributed by atoms with Crippen LogP contribution in [0.5, 0.6) is 0 Å². The molecular weight excluding hydrogens is 403 g/mol. The maximum absolute atomic E-state index is 14.1. The highest BCUT2D eigenvalue weighted by atomic mass is 19.1. The van der Waals surface area contributed by atoms with Crippen molar-refractivity contribution in [3.8, 4) is 0 Å². The number of carbonyl (C=O) groups excluding carboxylic acids is 1. The van der Waals surface area contributed by atoms with Crippen LogP contribution in [0, 0.1) is 11.2 Å². The molecule has 1 amide bonds. The van der Waals surface area contributed by atoms with Crippen molar-refractivity contribution in [1.82, 2.24) is 15.0 Å². The third-order valence-electron chi connectivity index (χ3n) is 4.04. The molecule has 2 aromatic heterocycles. The summed E-state index contributed by atoms with van der Waals surface area (Å²) >= 11 is 0. The predicted octanol–water partition coefficient (Wildman–Crippen LogP) is 2.41. The highest BCUT2D eigenvalue weighted by Crippen LogP contribution is 2.28. The summed E-state index contributed by atoms with van der Waals surface area (Å²) in [6.07, 6.45) is -1.88. The number of aromatic nitrogens is 3. The van der Waals surface area contributed by atoms with Crippen molar-refractivity contribution in [2.45, 2.75) is 6.54 Å². The fourth-order valence-electron chi connectivity index (χ4n) is 2.54. The summed E-state index contributed by atoms with van der Waals surface area (Å²) in [5.41, 5.74) is 10.5. The first-order chi connectivity index (χ1) is 17.3. The topological polar surface area (TPSA) is 156 Å². The molecule has 3 aromatic rings. The van der Waals surface area contributed by atoms with Crippen LogP contribution in [-0.2, 0) is 11.3 Å². The number of ether oxygens (including phenoxy) is 1. The normalized spacial score (nSPS) is 13.6. The van der Waals surface area contributed by atoms with Crippen LogP contribution in [0.2, 0.25) is 0 Å². The molecule has 31 heavy (non-hydrogen) atoms. The first-order valence-corrected chi connectivity index (χ1v) is 8.63. The fourth-order valence-corrected chi connectivity index (χ4v) is 2.54. The Bertz CT molecular complexity index is 1360. The first-order valence-electron chi connectivity index (χ1n) is 11.6. The monoisotopic (exact) mass is 430 g/mol. The Hall–Kier alpha value is -4.28. The summed E-state index contributed by atoms with van der Waals surface area (Å²) in [4.78, 5) is 24.0. The molecule has 0 aliphatic heterocycles. The Morgan fingerprint density at radius 1 is 1.35 bits per heavy atom. The number of nitrogens with one attached hydrogen (secondary N) is 2. The van der Waals surface area contributed by atoms with Gasteiger partial charge in [0.05, 0.1) is 11.2 Å². The van der Waals surface area contributed by atoms with Gasteiger partial charge in [0.1, 0.15) is 23.0 Å². The average molecular weight is 430 g/mol. The van der Waals surface area contributed by atoms with E-state index in [9.17, 15) is 9.18 Å². The van der Waals surface area contributed by atoms with Crippen LogP contribution in [-0.4, -0.2) is 40.8 Å². The van der Waals surface area contributed by atoms with Crippen molar-refractivity contribution < 1.29 is 22.1 Å². The third-order valence-corrected chi connectivity index (χ3v) is 4.04. The molecule has 3 rings (SSSR count). The Morgan fingerprint density at radius 2 is 2.06 bits per heavy atom. The summed E-state index contributed by atoms with van der Waals surface area (Å²) in [6.45, 7) is -3.20. The zero-order chi connectivity index (χ0) is 27.7. The number of nitrogen functional groups attached to an aromatic ring is 2. The van der Waals surface area contributed by atoms with Gasteiger partial charge in [0.2, 0.25) is 0 Å². The molecule has 0 spiro atoms. The van der Waals surface area contributed by atoms with E-state index in [4.69, 9.17) is 25.1 Å². The van der Waals surface area contributed by atoms with Gasteiger partial charge in [0.25, 0.3) is 0 Å². The molecule has 0 atom stereocenters. The molecule has 160 valence electrons. The Morgan fingerprint density at radius 3 is 2.71 bits per heavy atom. The lowest BCUT2D eigenvalue weighted by Crippen LogP contribution is -2.29. The lowest BCUT2D eigenvalue weighted by Gasteiger charge is -2.19. The van der Waals surface area contributed by atoms with Crippen molar-refractivity contribution in [2.24, 2.45) is 0 Å². The number of hydrogen-bond donors (Lipinski definition) is 4. The predicted molar refractivity (Wildman–Crippen MR) is 116 cm³/mol. The summed E-state index contributed by atoms with van der Waals surface area (Å²) < 4.78 is 65.5. The highest BCUT2D eigenvalue weighted by Gasteiger charge is 2.22. The van der Waals surface area contributed by atoms with E-state index < -0.39 is 66.0 Å².